The van der Waals surface area contributed by atoms with Gasteiger partial charge in [0, 0.05) is 11.1 Å². The van der Waals surface area contributed by atoms with E-state index in [-0.39, 0.29) is 5.91 Å². The average Bonchev–Trinajstić information content (AvgIpc) is 2.67. The molecule has 24 heavy (non-hydrogen) atoms. The normalized spacial score (nSPS) is 10.2. The van der Waals surface area contributed by atoms with E-state index in [1.165, 1.54) is 6.33 Å². The lowest BCUT2D eigenvalue weighted by Crippen LogP contribution is -2.23. The molecule has 3 aromatic rings. The molecule has 0 bridgehead atoms. The molecule has 0 unspecified atom stereocenters. The van der Waals surface area contributed by atoms with Gasteiger partial charge in [-0.1, -0.05) is 18.2 Å². The van der Waals surface area contributed by atoms with Crippen LogP contribution in [0.4, 0.5) is 0 Å². The van der Waals surface area contributed by atoms with E-state index in [1.807, 2.05) is 48.5 Å². The van der Waals surface area contributed by atoms with E-state index in [0.29, 0.717) is 12.1 Å². The van der Waals surface area contributed by atoms with Crippen molar-refractivity contribution in [1.29, 1.82) is 0 Å². The zero-order valence-corrected chi connectivity index (χ0v) is 13.3. The fourth-order valence-electron chi connectivity index (χ4n) is 2.28. The Kier molecular flexibility index (Phi) is 4.81. The number of aromatic nitrogens is 2. The molecule has 0 atom stereocenters. The van der Waals surface area contributed by atoms with Crippen molar-refractivity contribution in [2.75, 3.05) is 7.11 Å². The van der Waals surface area contributed by atoms with Crippen molar-refractivity contribution in [3.63, 3.8) is 0 Å². The molecule has 1 heterocycles. The van der Waals surface area contributed by atoms with Gasteiger partial charge in [-0.05, 0) is 42.5 Å². The van der Waals surface area contributed by atoms with Gasteiger partial charge in [0.1, 0.15) is 12.1 Å². The summed E-state index contributed by atoms with van der Waals surface area (Å²) in [5, 5.41) is 2.86. The van der Waals surface area contributed by atoms with Crippen molar-refractivity contribution in [2.45, 2.75) is 6.54 Å². The SMILES string of the molecule is COc1ccc(-c2cc(CNC(=O)c3ccccc3)ncn2)cc1. The van der Waals surface area contributed by atoms with Crippen LogP contribution in [0.25, 0.3) is 11.3 Å². The van der Waals surface area contributed by atoms with E-state index in [1.54, 1.807) is 19.2 Å². The zero-order valence-electron chi connectivity index (χ0n) is 13.3. The Morgan fingerprint density at radius 1 is 1.04 bits per heavy atom. The molecule has 0 fully saturated rings. The second-order valence-electron chi connectivity index (χ2n) is 5.17. The Morgan fingerprint density at radius 3 is 2.50 bits per heavy atom. The van der Waals surface area contributed by atoms with Crippen molar-refractivity contribution in [2.24, 2.45) is 0 Å². The van der Waals surface area contributed by atoms with Gasteiger partial charge in [0.15, 0.2) is 0 Å². The number of nitrogens with zero attached hydrogens (tertiary/aromatic N) is 2. The van der Waals surface area contributed by atoms with Crippen molar-refractivity contribution < 1.29 is 9.53 Å². The number of rotatable bonds is 5. The predicted molar refractivity (Wildman–Crippen MR) is 91.6 cm³/mol. The Morgan fingerprint density at radius 2 is 1.79 bits per heavy atom. The number of nitrogens with one attached hydrogen (secondary N) is 1. The number of methoxy groups -OCH3 is 1. The molecular formula is C19H17N3O2. The summed E-state index contributed by atoms with van der Waals surface area (Å²) in [7, 11) is 1.63. The van der Waals surface area contributed by atoms with Crippen molar-refractivity contribution in [1.82, 2.24) is 15.3 Å². The summed E-state index contributed by atoms with van der Waals surface area (Å²) in [6, 6.07) is 18.6. The largest absolute Gasteiger partial charge is 0.497 e. The third-order valence-electron chi connectivity index (χ3n) is 3.58. The molecule has 5 nitrogen and oxygen atoms in total. The molecule has 1 amide bonds. The third-order valence-corrected chi connectivity index (χ3v) is 3.58. The fourth-order valence-corrected chi connectivity index (χ4v) is 2.28. The minimum atomic E-state index is -0.125. The number of hydrogen-bond donors (Lipinski definition) is 1. The summed E-state index contributed by atoms with van der Waals surface area (Å²) in [4.78, 5) is 20.6. The van der Waals surface area contributed by atoms with Gasteiger partial charge >= 0.3 is 0 Å². The van der Waals surface area contributed by atoms with Crippen LogP contribution in [0.3, 0.4) is 0 Å². The van der Waals surface area contributed by atoms with E-state index in [4.69, 9.17) is 4.74 Å². The van der Waals surface area contributed by atoms with Crippen LogP contribution in [0.1, 0.15) is 16.1 Å². The van der Waals surface area contributed by atoms with Crippen LogP contribution in [0.15, 0.2) is 67.0 Å². The molecule has 0 saturated carbocycles. The Hall–Kier alpha value is -3.21. The monoisotopic (exact) mass is 319 g/mol. The minimum absolute atomic E-state index is 0.125. The van der Waals surface area contributed by atoms with E-state index >= 15 is 0 Å². The first kappa shape index (κ1) is 15.7. The quantitative estimate of drug-likeness (QED) is 0.785. The second-order valence-corrected chi connectivity index (χ2v) is 5.17. The maximum Gasteiger partial charge on any atom is 0.251 e. The molecule has 1 aromatic heterocycles. The maximum atomic E-state index is 12.1. The van der Waals surface area contributed by atoms with Crippen LogP contribution in [0, 0.1) is 0 Å². The topological polar surface area (TPSA) is 64.1 Å². The summed E-state index contributed by atoms with van der Waals surface area (Å²) >= 11 is 0. The number of carbonyl (C=O) groups excluding carboxylic acids is 1. The maximum absolute atomic E-state index is 12.1. The van der Waals surface area contributed by atoms with Gasteiger partial charge in [0.05, 0.1) is 25.0 Å². The highest BCUT2D eigenvalue weighted by Crippen LogP contribution is 2.20. The lowest BCUT2D eigenvalue weighted by molar-refractivity contribution is 0.0950. The fraction of sp³-hybridized carbons (Fsp3) is 0.105. The smallest absolute Gasteiger partial charge is 0.251 e. The number of ether oxygens (including phenoxy) is 1. The molecule has 3 rings (SSSR count). The van der Waals surface area contributed by atoms with Gasteiger partial charge in [-0.3, -0.25) is 4.79 Å². The lowest BCUT2D eigenvalue weighted by atomic mass is 10.1. The Labute approximate surface area is 140 Å². The average molecular weight is 319 g/mol. The molecule has 120 valence electrons. The van der Waals surface area contributed by atoms with E-state index in [0.717, 1.165) is 22.7 Å². The summed E-state index contributed by atoms with van der Waals surface area (Å²) < 4.78 is 5.16. The summed E-state index contributed by atoms with van der Waals surface area (Å²) in [6.07, 6.45) is 1.50. The predicted octanol–water partition coefficient (Wildman–Crippen LogP) is 3.08. The molecule has 0 aliphatic heterocycles. The molecule has 0 radical (unpaired) electrons. The molecule has 2 aromatic carbocycles. The standard InChI is InChI=1S/C19H17N3O2/c1-24-17-9-7-14(8-10-17)18-11-16(21-13-22-18)12-20-19(23)15-5-3-2-4-6-15/h2-11,13H,12H2,1H3,(H,20,23). The molecule has 1 N–H and O–H groups in total. The summed E-state index contributed by atoms with van der Waals surface area (Å²) in [5.41, 5.74) is 3.15. The van der Waals surface area contributed by atoms with E-state index in [2.05, 4.69) is 15.3 Å². The van der Waals surface area contributed by atoms with E-state index in [9.17, 15) is 4.79 Å². The number of amides is 1. The highest BCUT2D eigenvalue weighted by atomic mass is 16.5. The van der Waals surface area contributed by atoms with Gasteiger partial charge in [0.2, 0.25) is 0 Å². The van der Waals surface area contributed by atoms with Gasteiger partial charge in [-0.15, -0.1) is 0 Å². The molecule has 0 aliphatic carbocycles. The molecule has 0 saturated heterocycles. The zero-order chi connectivity index (χ0) is 16.8. The first-order chi connectivity index (χ1) is 11.8. The molecule has 0 aliphatic rings. The number of carbonyl (C=O) groups is 1. The lowest BCUT2D eigenvalue weighted by Gasteiger charge is -2.07. The van der Waals surface area contributed by atoms with Crippen molar-refractivity contribution >= 4 is 5.91 Å². The Balaban J connectivity index is 1.70. The Bertz CT molecular complexity index is 818. The van der Waals surface area contributed by atoms with E-state index < -0.39 is 0 Å². The summed E-state index contributed by atoms with van der Waals surface area (Å²) in [6.45, 7) is 0.347. The summed E-state index contributed by atoms with van der Waals surface area (Å²) in [5.74, 6) is 0.670. The van der Waals surface area contributed by atoms with Crippen molar-refractivity contribution in [3.05, 3.63) is 78.2 Å². The first-order valence-electron chi connectivity index (χ1n) is 7.55. The molecule has 0 spiro atoms. The van der Waals surface area contributed by atoms with Crippen LogP contribution < -0.4 is 10.1 Å². The van der Waals surface area contributed by atoms with Gasteiger partial charge < -0.3 is 10.1 Å². The number of hydrogen-bond acceptors (Lipinski definition) is 4. The van der Waals surface area contributed by atoms with Crippen LogP contribution in [-0.2, 0) is 6.54 Å². The molecular weight excluding hydrogens is 302 g/mol. The minimum Gasteiger partial charge on any atom is -0.497 e. The second kappa shape index (κ2) is 7.37. The third kappa shape index (κ3) is 3.76. The molecule has 5 heteroatoms. The number of benzene rings is 2. The highest BCUT2D eigenvalue weighted by molar-refractivity contribution is 5.94. The first-order valence-corrected chi connectivity index (χ1v) is 7.55. The van der Waals surface area contributed by atoms with Gasteiger partial charge in [-0.2, -0.15) is 0 Å². The highest BCUT2D eigenvalue weighted by Gasteiger charge is 2.06. The van der Waals surface area contributed by atoms with Crippen LogP contribution >= 0.6 is 0 Å². The van der Waals surface area contributed by atoms with Crippen LogP contribution in [0.5, 0.6) is 5.75 Å². The van der Waals surface area contributed by atoms with Gasteiger partial charge in [-0.25, -0.2) is 9.97 Å². The van der Waals surface area contributed by atoms with Crippen LogP contribution in [0.2, 0.25) is 0 Å². The van der Waals surface area contributed by atoms with Crippen LogP contribution in [-0.4, -0.2) is 23.0 Å². The van der Waals surface area contributed by atoms with Gasteiger partial charge in [0.25, 0.3) is 5.91 Å². The van der Waals surface area contributed by atoms with Crippen molar-refractivity contribution in [3.8, 4) is 17.0 Å².